The zero-order valence-electron chi connectivity index (χ0n) is 18.1. The van der Waals surface area contributed by atoms with Crippen LogP contribution in [-0.4, -0.2) is 30.8 Å². The maximum atomic E-state index is 12.8. The molecule has 0 spiro atoms. The first-order valence-electron chi connectivity index (χ1n) is 10.2. The zero-order valence-corrected chi connectivity index (χ0v) is 19.7. The van der Waals surface area contributed by atoms with Crippen molar-refractivity contribution in [3.63, 3.8) is 0 Å². The molecule has 0 aliphatic rings. The number of carbonyl (C=O) groups is 1. The largest absolute Gasteiger partial charge is 0.573 e. The van der Waals surface area contributed by atoms with Gasteiger partial charge in [0.1, 0.15) is 10.9 Å². The lowest BCUT2D eigenvalue weighted by Gasteiger charge is -2.15. The number of pyridine rings is 1. The van der Waals surface area contributed by atoms with E-state index in [4.69, 9.17) is 16.7 Å². The first-order chi connectivity index (χ1) is 16.9. The molecule has 3 aromatic carbocycles. The molecule has 12 heteroatoms. The second-order valence-electron chi connectivity index (χ2n) is 7.54. The van der Waals surface area contributed by atoms with Gasteiger partial charge in [-0.2, -0.15) is 0 Å². The number of nitrogens with zero attached hydrogens (tertiary/aromatic N) is 1. The number of aromatic nitrogens is 1. The van der Waals surface area contributed by atoms with Gasteiger partial charge in [-0.3, -0.25) is 0 Å². The lowest BCUT2D eigenvalue weighted by molar-refractivity contribution is -0.274. The minimum atomic E-state index is -4.93. The Bertz CT molecular complexity index is 1560. The van der Waals surface area contributed by atoms with Gasteiger partial charge in [-0.15, -0.1) is 13.2 Å². The number of nitrogens with one attached hydrogen (secondary N) is 1. The van der Waals surface area contributed by atoms with Crippen molar-refractivity contribution in [2.45, 2.75) is 17.8 Å². The SMILES string of the molecule is O=C(O)c1ccc(S(=O)(=O)NCc2ccc(OC(F)(F)F)cc2-c2cc3ccccc3c(Cl)n2)cc1. The van der Waals surface area contributed by atoms with E-state index in [9.17, 15) is 26.4 Å². The highest BCUT2D eigenvalue weighted by molar-refractivity contribution is 7.89. The van der Waals surface area contributed by atoms with Crippen LogP contribution < -0.4 is 9.46 Å². The van der Waals surface area contributed by atoms with Crippen LogP contribution in [0.1, 0.15) is 15.9 Å². The van der Waals surface area contributed by atoms with Gasteiger partial charge in [0.25, 0.3) is 0 Å². The van der Waals surface area contributed by atoms with Crippen LogP contribution >= 0.6 is 11.6 Å². The van der Waals surface area contributed by atoms with Crippen molar-refractivity contribution in [2.75, 3.05) is 0 Å². The summed E-state index contributed by atoms with van der Waals surface area (Å²) in [5.74, 6) is -1.72. The van der Waals surface area contributed by atoms with Crippen LogP contribution in [-0.2, 0) is 16.6 Å². The van der Waals surface area contributed by atoms with Gasteiger partial charge in [0.15, 0.2) is 0 Å². The molecule has 4 rings (SSSR count). The minimum Gasteiger partial charge on any atom is -0.478 e. The van der Waals surface area contributed by atoms with Crippen LogP contribution in [0.15, 0.2) is 77.7 Å². The minimum absolute atomic E-state index is 0.0873. The fraction of sp³-hybridized carbons (Fsp3) is 0.0833. The van der Waals surface area contributed by atoms with E-state index in [1.807, 2.05) is 0 Å². The quantitative estimate of drug-likeness (QED) is 0.297. The Morgan fingerprint density at radius 1 is 1.03 bits per heavy atom. The van der Waals surface area contributed by atoms with Crippen LogP contribution in [0.25, 0.3) is 22.0 Å². The van der Waals surface area contributed by atoms with E-state index < -0.39 is 28.1 Å². The number of hydrogen-bond acceptors (Lipinski definition) is 5. The monoisotopic (exact) mass is 536 g/mol. The Hall–Kier alpha value is -3.67. The van der Waals surface area contributed by atoms with Crippen LogP contribution in [0.5, 0.6) is 5.75 Å². The van der Waals surface area contributed by atoms with E-state index in [-0.39, 0.29) is 33.4 Å². The van der Waals surface area contributed by atoms with E-state index in [2.05, 4.69) is 14.4 Å². The number of hydrogen-bond donors (Lipinski definition) is 2. The van der Waals surface area contributed by atoms with Gasteiger partial charge in [-0.05, 0) is 53.4 Å². The van der Waals surface area contributed by atoms with E-state index in [1.54, 1.807) is 30.3 Å². The highest BCUT2D eigenvalue weighted by atomic mass is 35.5. The molecule has 0 atom stereocenters. The lowest BCUT2D eigenvalue weighted by Crippen LogP contribution is -2.24. The first-order valence-corrected chi connectivity index (χ1v) is 12.1. The van der Waals surface area contributed by atoms with Crippen molar-refractivity contribution in [1.29, 1.82) is 0 Å². The summed E-state index contributed by atoms with van der Waals surface area (Å²) in [5, 5.41) is 10.4. The summed E-state index contributed by atoms with van der Waals surface area (Å²) in [5.41, 5.74) is 0.601. The number of fused-ring (bicyclic) bond motifs is 1. The molecule has 1 heterocycles. The fourth-order valence-corrected chi connectivity index (χ4v) is 4.74. The van der Waals surface area contributed by atoms with Gasteiger partial charge in [0.05, 0.1) is 16.2 Å². The van der Waals surface area contributed by atoms with Crippen molar-refractivity contribution < 1.29 is 36.2 Å². The molecule has 0 aliphatic heterocycles. The summed E-state index contributed by atoms with van der Waals surface area (Å²) in [6.45, 7) is -0.309. The summed E-state index contributed by atoms with van der Waals surface area (Å²) in [6.07, 6.45) is -4.93. The van der Waals surface area contributed by atoms with Gasteiger partial charge < -0.3 is 9.84 Å². The Morgan fingerprint density at radius 3 is 2.39 bits per heavy atom. The maximum absolute atomic E-state index is 12.8. The number of sulfonamides is 1. The molecule has 0 saturated heterocycles. The standard InChI is InChI=1S/C24H16ClF3N2O5S/c25-22-19-4-2-1-3-15(19)11-21(30-22)20-12-17(35-24(26,27)28)8-5-16(20)13-29-36(33,34)18-9-6-14(7-10-18)23(31)32/h1-12,29H,13H2,(H,31,32). The van der Waals surface area contributed by atoms with E-state index in [0.717, 1.165) is 36.4 Å². The fourth-order valence-electron chi connectivity index (χ4n) is 3.47. The van der Waals surface area contributed by atoms with Crippen LogP contribution in [0.3, 0.4) is 0 Å². The third-order valence-corrected chi connectivity index (χ3v) is 6.85. The normalized spacial score (nSPS) is 12.0. The summed E-state index contributed by atoms with van der Waals surface area (Å²) >= 11 is 6.30. The number of ether oxygens (including phenoxy) is 1. The number of carboxylic acid groups (broad SMARTS) is 1. The Kier molecular flexibility index (Phi) is 6.90. The summed E-state index contributed by atoms with van der Waals surface area (Å²) in [4.78, 5) is 15.1. The van der Waals surface area contributed by atoms with Gasteiger partial charge >= 0.3 is 12.3 Å². The average Bonchev–Trinajstić information content (AvgIpc) is 2.82. The average molecular weight is 537 g/mol. The summed E-state index contributed by atoms with van der Waals surface area (Å²) in [6, 6.07) is 16.7. The third kappa shape index (κ3) is 5.76. The molecule has 0 saturated carbocycles. The maximum Gasteiger partial charge on any atom is 0.573 e. The summed E-state index contributed by atoms with van der Waals surface area (Å²) < 4.78 is 70.4. The molecular weight excluding hydrogens is 521 g/mol. The Balaban J connectivity index is 1.72. The molecule has 36 heavy (non-hydrogen) atoms. The van der Waals surface area contributed by atoms with Crippen molar-refractivity contribution in [3.8, 4) is 17.0 Å². The highest BCUT2D eigenvalue weighted by Crippen LogP contribution is 2.33. The van der Waals surface area contributed by atoms with E-state index in [1.165, 1.54) is 6.07 Å². The molecule has 7 nitrogen and oxygen atoms in total. The molecule has 4 aromatic rings. The summed E-state index contributed by atoms with van der Waals surface area (Å²) in [7, 11) is -4.08. The number of halogens is 4. The second kappa shape index (κ2) is 9.76. The van der Waals surface area contributed by atoms with Gasteiger partial charge in [-0.25, -0.2) is 22.9 Å². The predicted molar refractivity (Wildman–Crippen MR) is 126 cm³/mol. The molecule has 2 N–H and O–H groups in total. The Labute approximate surface area is 208 Å². The number of aromatic carboxylic acids is 1. The molecule has 0 amide bonds. The second-order valence-corrected chi connectivity index (χ2v) is 9.67. The van der Waals surface area contributed by atoms with Crippen LogP contribution in [0, 0.1) is 0 Å². The van der Waals surface area contributed by atoms with Gasteiger partial charge in [0.2, 0.25) is 10.0 Å². The molecule has 0 bridgehead atoms. The number of benzene rings is 3. The number of alkyl halides is 3. The number of carboxylic acids is 1. The molecular formula is C24H16ClF3N2O5S. The number of rotatable bonds is 7. The highest BCUT2D eigenvalue weighted by Gasteiger charge is 2.31. The van der Waals surface area contributed by atoms with Crippen LogP contribution in [0.2, 0.25) is 5.15 Å². The molecule has 0 aliphatic carbocycles. The predicted octanol–water partition coefficient (Wildman–Crippen LogP) is 5.63. The third-order valence-electron chi connectivity index (χ3n) is 5.15. The van der Waals surface area contributed by atoms with Crippen molar-refractivity contribution >= 4 is 38.4 Å². The Morgan fingerprint density at radius 2 is 1.72 bits per heavy atom. The van der Waals surface area contributed by atoms with Crippen molar-refractivity contribution in [1.82, 2.24) is 9.71 Å². The van der Waals surface area contributed by atoms with Crippen molar-refractivity contribution in [3.05, 3.63) is 89.1 Å². The molecule has 0 unspecified atom stereocenters. The lowest BCUT2D eigenvalue weighted by atomic mass is 10.0. The van der Waals surface area contributed by atoms with Gasteiger partial charge in [0, 0.05) is 17.5 Å². The molecule has 0 fully saturated rings. The zero-order chi connectivity index (χ0) is 26.1. The topological polar surface area (TPSA) is 106 Å². The van der Waals surface area contributed by atoms with Crippen molar-refractivity contribution in [2.24, 2.45) is 0 Å². The van der Waals surface area contributed by atoms with E-state index in [0.29, 0.717) is 16.3 Å². The molecule has 1 aromatic heterocycles. The molecule has 186 valence electrons. The van der Waals surface area contributed by atoms with Crippen LogP contribution in [0.4, 0.5) is 13.2 Å². The molecule has 0 radical (unpaired) electrons. The van der Waals surface area contributed by atoms with Gasteiger partial charge in [-0.1, -0.05) is 41.9 Å². The smallest absolute Gasteiger partial charge is 0.478 e. The first kappa shape index (κ1) is 25.4. The van der Waals surface area contributed by atoms with E-state index >= 15 is 0 Å².